The van der Waals surface area contributed by atoms with E-state index in [-0.39, 0.29) is 4.90 Å². The maximum atomic E-state index is 12.1. The van der Waals surface area contributed by atoms with E-state index in [0.717, 1.165) is 0 Å². The normalized spacial score (nSPS) is 11.6. The smallest absolute Gasteiger partial charge is 0.240 e. The average molecular weight is 382 g/mol. The number of ether oxygens (including phenoxy) is 3. The third-order valence-electron chi connectivity index (χ3n) is 2.62. The van der Waals surface area contributed by atoms with Gasteiger partial charge in [-0.05, 0) is 40.5 Å². The van der Waals surface area contributed by atoms with Crippen LogP contribution in [-0.4, -0.2) is 49.0 Å². The molecule has 21 heavy (non-hydrogen) atoms. The predicted molar refractivity (Wildman–Crippen MR) is 83.2 cm³/mol. The van der Waals surface area contributed by atoms with Gasteiger partial charge >= 0.3 is 0 Å². The zero-order chi connectivity index (χ0) is 15.7. The molecular formula is C13H20BrNO5S. The summed E-state index contributed by atoms with van der Waals surface area (Å²) in [5.74, 6) is 0.584. The Hall–Kier alpha value is -0.670. The van der Waals surface area contributed by atoms with Crippen molar-refractivity contribution in [3.8, 4) is 5.75 Å². The summed E-state index contributed by atoms with van der Waals surface area (Å²) in [6, 6.07) is 4.61. The van der Waals surface area contributed by atoms with Crippen LogP contribution in [0.5, 0.6) is 5.75 Å². The van der Waals surface area contributed by atoms with Gasteiger partial charge in [0, 0.05) is 20.3 Å². The molecule has 0 aliphatic rings. The van der Waals surface area contributed by atoms with E-state index in [1.54, 1.807) is 13.2 Å². The topological polar surface area (TPSA) is 73.9 Å². The van der Waals surface area contributed by atoms with Crippen molar-refractivity contribution < 1.29 is 22.6 Å². The Morgan fingerprint density at radius 2 is 1.95 bits per heavy atom. The summed E-state index contributed by atoms with van der Waals surface area (Å²) in [7, 11) is -0.395. The first-order valence-corrected chi connectivity index (χ1v) is 8.68. The minimum absolute atomic E-state index is 0.190. The number of sulfonamides is 1. The maximum absolute atomic E-state index is 12.1. The van der Waals surface area contributed by atoms with Crippen LogP contribution in [0.1, 0.15) is 6.42 Å². The Morgan fingerprint density at radius 3 is 2.57 bits per heavy atom. The lowest BCUT2D eigenvalue weighted by molar-refractivity contribution is 0.0699. The van der Waals surface area contributed by atoms with Crippen molar-refractivity contribution in [3.05, 3.63) is 22.7 Å². The molecule has 8 heteroatoms. The standard InChI is InChI=1S/C13H20BrNO5S/c1-18-8-9-20-7-3-6-15-21(16,17)11-4-5-13(19-2)12(14)10-11/h4-5,10,15H,3,6-9H2,1-2H3. The van der Waals surface area contributed by atoms with Crippen molar-refractivity contribution in [3.63, 3.8) is 0 Å². The molecule has 120 valence electrons. The number of benzene rings is 1. The van der Waals surface area contributed by atoms with Gasteiger partial charge in [-0.2, -0.15) is 0 Å². The maximum Gasteiger partial charge on any atom is 0.240 e. The van der Waals surface area contributed by atoms with Crippen molar-refractivity contribution in [2.75, 3.05) is 40.6 Å². The van der Waals surface area contributed by atoms with Gasteiger partial charge < -0.3 is 14.2 Å². The van der Waals surface area contributed by atoms with Crippen LogP contribution in [0.3, 0.4) is 0 Å². The molecule has 0 heterocycles. The molecule has 6 nitrogen and oxygen atoms in total. The van der Waals surface area contributed by atoms with Gasteiger partial charge in [0.25, 0.3) is 0 Å². The van der Waals surface area contributed by atoms with E-state index in [1.807, 2.05) is 0 Å². The second-order valence-corrected chi connectivity index (χ2v) is 6.77. The van der Waals surface area contributed by atoms with Crippen LogP contribution in [0.4, 0.5) is 0 Å². The third kappa shape index (κ3) is 6.31. The van der Waals surface area contributed by atoms with Crippen LogP contribution in [0.25, 0.3) is 0 Å². The molecule has 0 aliphatic heterocycles. The molecule has 1 rings (SSSR count). The highest BCUT2D eigenvalue weighted by Crippen LogP contribution is 2.27. The summed E-state index contributed by atoms with van der Waals surface area (Å²) in [5.41, 5.74) is 0. The van der Waals surface area contributed by atoms with Gasteiger partial charge in [0.15, 0.2) is 0 Å². The molecule has 1 aromatic carbocycles. The van der Waals surface area contributed by atoms with Crippen molar-refractivity contribution >= 4 is 26.0 Å². The molecule has 0 saturated carbocycles. The second-order valence-electron chi connectivity index (χ2n) is 4.15. The summed E-state index contributed by atoms with van der Waals surface area (Å²) in [5, 5.41) is 0. The minimum Gasteiger partial charge on any atom is -0.496 e. The van der Waals surface area contributed by atoms with Crippen molar-refractivity contribution in [1.29, 1.82) is 0 Å². The van der Waals surface area contributed by atoms with Crippen molar-refractivity contribution in [1.82, 2.24) is 4.72 Å². The van der Waals surface area contributed by atoms with Crippen molar-refractivity contribution in [2.24, 2.45) is 0 Å². The molecule has 0 spiro atoms. The largest absolute Gasteiger partial charge is 0.496 e. The van der Waals surface area contributed by atoms with E-state index in [1.165, 1.54) is 19.2 Å². The molecule has 1 aromatic rings. The summed E-state index contributed by atoms with van der Waals surface area (Å²) < 4.78 is 42.5. The third-order valence-corrected chi connectivity index (χ3v) is 4.70. The summed E-state index contributed by atoms with van der Waals surface area (Å²) in [6.07, 6.45) is 0.597. The van der Waals surface area contributed by atoms with E-state index in [0.29, 0.717) is 43.0 Å². The van der Waals surface area contributed by atoms with Crippen LogP contribution in [-0.2, 0) is 19.5 Å². The van der Waals surface area contributed by atoms with Gasteiger partial charge in [-0.1, -0.05) is 0 Å². The molecule has 0 aromatic heterocycles. The van der Waals surface area contributed by atoms with Gasteiger partial charge in [-0.3, -0.25) is 0 Å². The predicted octanol–water partition coefficient (Wildman–Crippen LogP) is 1.79. The minimum atomic E-state index is -3.52. The van der Waals surface area contributed by atoms with Gasteiger partial charge in [0.05, 0.1) is 29.7 Å². The SMILES string of the molecule is COCCOCCCNS(=O)(=O)c1ccc(OC)c(Br)c1. The van der Waals surface area contributed by atoms with E-state index in [9.17, 15) is 8.42 Å². The number of halogens is 1. The first kappa shape index (κ1) is 18.4. The highest BCUT2D eigenvalue weighted by molar-refractivity contribution is 9.10. The molecular weight excluding hydrogens is 362 g/mol. The lowest BCUT2D eigenvalue weighted by Crippen LogP contribution is -2.25. The second kappa shape index (κ2) is 9.37. The quantitative estimate of drug-likeness (QED) is 0.625. The number of methoxy groups -OCH3 is 2. The number of nitrogens with one attached hydrogen (secondary N) is 1. The number of hydrogen-bond acceptors (Lipinski definition) is 5. The van der Waals surface area contributed by atoms with Crippen LogP contribution in [0.15, 0.2) is 27.6 Å². The molecule has 0 atom stereocenters. The number of hydrogen-bond donors (Lipinski definition) is 1. The summed E-state index contributed by atoms with van der Waals surface area (Å²) in [6.45, 7) is 1.84. The monoisotopic (exact) mass is 381 g/mol. The fourth-order valence-electron chi connectivity index (χ4n) is 1.52. The molecule has 1 N–H and O–H groups in total. The summed E-state index contributed by atoms with van der Waals surface area (Å²) in [4.78, 5) is 0.190. The average Bonchev–Trinajstić information content (AvgIpc) is 2.46. The summed E-state index contributed by atoms with van der Waals surface area (Å²) >= 11 is 3.27. The van der Waals surface area contributed by atoms with E-state index in [2.05, 4.69) is 20.7 Å². The molecule has 0 saturated heterocycles. The Balaban J connectivity index is 2.45. The highest BCUT2D eigenvalue weighted by atomic mass is 79.9. The first-order chi connectivity index (χ1) is 10.0. The highest BCUT2D eigenvalue weighted by Gasteiger charge is 2.15. The van der Waals surface area contributed by atoms with E-state index < -0.39 is 10.0 Å². The first-order valence-electron chi connectivity index (χ1n) is 6.41. The van der Waals surface area contributed by atoms with Gasteiger partial charge in [0.1, 0.15) is 5.75 Å². The van der Waals surface area contributed by atoms with Gasteiger partial charge in [-0.25, -0.2) is 13.1 Å². The fraction of sp³-hybridized carbons (Fsp3) is 0.538. The van der Waals surface area contributed by atoms with Crippen molar-refractivity contribution in [2.45, 2.75) is 11.3 Å². The Bertz CT molecular complexity index is 535. The Kier molecular flexibility index (Phi) is 8.20. The zero-order valence-corrected chi connectivity index (χ0v) is 14.5. The zero-order valence-electron chi connectivity index (χ0n) is 12.1. The molecule has 0 radical (unpaired) electrons. The van der Waals surface area contributed by atoms with E-state index in [4.69, 9.17) is 14.2 Å². The van der Waals surface area contributed by atoms with Gasteiger partial charge in [0.2, 0.25) is 10.0 Å². The lowest BCUT2D eigenvalue weighted by Gasteiger charge is -2.09. The van der Waals surface area contributed by atoms with Gasteiger partial charge in [-0.15, -0.1) is 0 Å². The van der Waals surface area contributed by atoms with Crippen LogP contribution in [0.2, 0.25) is 0 Å². The molecule has 0 fully saturated rings. The Morgan fingerprint density at radius 1 is 1.19 bits per heavy atom. The molecule has 0 bridgehead atoms. The molecule has 0 amide bonds. The number of rotatable bonds is 10. The molecule has 0 aliphatic carbocycles. The fourth-order valence-corrected chi connectivity index (χ4v) is 3.31. The van der Waals surface area contributed by atoms with Crippen LogP contribution >= 0.6 is 15.9 Å². The lowest BCUT2D eigenvalue weighted by atomic mass is 10.3. The van der Waals surface area contributed by atoms with Crippen LogP contribution in [0, 0.1) is 0 Å². The van der Waals surface area contributed by atoms with E-state index >= 15 is 0 Å². The van der Waals surface area contributed by atoms with Crippen LogP contribution < -0.4 is 9.46 Å². The Labute approximate surface area is 134 Å². The molecule has 0 unspecified atom stereocenters.